The Balaban J connectivity index is 1.29. The number of halogens is 1. The largest absolute Gasteiger partial charge is 0.369 e. The van der Waals surface area contributed by atoms with E-state index >= 15 is 0 Å². The second-order valence-electron chi connectivity index (χ2n) is 7.89. The van der Waals surface area contributed by atoms with Gasteiger partial charge in [-0.1, -0.05) is 0 Å². The fourth-order valence-corrected chi connectivity index (χ4v) is 4.86. The molecule has 1 aromatic carbocycles. The molecule has 1 N–H and O–H groups in total. The molecule has 162 valence electrons. The smallest absolute Gasteiger partial charge is 0.223 e. The monoisotopic (exact) mass is 426 g/mol. The lowest BCUT2D eigenvalue weighted by molar-refractivity contribution is -0.126. The zero-order valence-corrected chi connectivity index (χ0v) is 17.8. The molecule has 0 radical (unpaired) electrons. The zero-order chi connectivity index (χ0) is 20.9. The Labute approximate surface area is 172 Å². The summed E-state index contributed by atoms with van der Waals surface area (Å²) in [6, 6.07) is 6.63. The van der Waals surface area contributed by atoms with Gasteiger partial charge in [-0.15, -0.1) is 0 Å². The number of anilines is 1. The van der Waals surface area contributed by atoms with Crippen LogP contribution in [-0.4, -0.2) is 82.1 Å². The highest BCUT2D eigenvalue weighted by Crippen LogP contribution is 2.19. The van der Waals surface area contributed by atoms with E-state index in [1.165, 1.54) is 22.7 Å². The van der Waals surface area contributed by atoms with E-state index in [9.17, 15) is 17.6 Å². The summed E-state index contributed by atoms with van der Waals surface area (Å²) in [5.41, 5.74) is 1.06. The molecule has 29 heavy (non-hydrogen) atoms. The zero-order valence-electron chi connectivity index (χ0n) is 17.0. The van der Waals surface area contributed by atoms with Gasteiger partial charge in [-0.2, -0.15) is 0 Å². The summed E-state index contributed by atoms with van der Waals surface area (Å²) in [7, 11) is -3.16. The van der Waals surface area contributed by atoms with Gasteiger partial charge in [0.2, 0.25) is 15.9 Å². The summed E-state index contributed by atoms with van der Waals surface area (Å²) >= 11 is 0. The number of sulfonamides is 1. The third-order valence-corrected chi connectivity index (χ3v) is 7.11. The number of hydrogen-bond donors (Lipinski definition) is 1. The molecule has 0 spiro atoms. The van der Waals surface area contributed by atoms with Crippen molar-refractivity contribution in [1.82, 2.24) is 14.5 Å². The first kappa shape index (κ1) is 22.0. The van der Waals surface area contributed by atoms with Gasteiger partial charge in [0, 0.05) is 57.4 Å². The maximum absolute atomic E-state index is 13.0. The minimum Gasteiger partial charge on any atom is -0.369 e. The highest BCUT2D eigenvalue weighted by molar-refractivity contribution is 7.88. The third kappa shape index (κ3) is 6.38. The number of hydrogen-bond acceptors (Lipinski definition) is 5. The van der Waals surface area contributed by atoms with E-state index in [-0.39, 0.29) is 17.6 Å². The maximum atomic E-state index is 13.0. The SMILES string of the molecule is CS(=O)(=O)N1CCC(C(=O)NCCCN2CCN(c3ccc(F)cc3)CC2)CC1. The van der Waals surface area contributed by atoms with Crippen molar-refractivity contribution in [2.75, 3.05) is 63.5 Å². The Morgan fingerprint density at radius 2 is 1.69 bits per heavy atom. The van der Waals surface area contributed by atoms with Gasteiger partial charge in [0.25, 0.3) is 0 Å². The Morgan fingerprint density at radius 3 is 2.28 bits per heavy atom. The minimum absolute atomic E-state index is 0.0410. The summed E-state index contributed by atoms with van der Waals surface area (Å²) in [4.78, 5) is 17.0. The van der Waals surface area contributed by atoms with Crippen LogP contribution in [0.15, 0.2) is 24.3 Å². The lowest BCUT2D eigenvalue weighted by Crippen LogP contribution is -2.47. The van der Waals surface area contributed by atoms with Crippen LogP contribution >= 0.6 is 0 Å². The molecule has 3 rings (SSSR count). The van der Waals surface area contributed by atoms with Crippen LogP contribution in [0.25, 0.3) is 0 Å². The van der Waals surface area contributed by atoms with E-state index in [0.29, 0.717) is 32.5 Å². The Hall–Kier alpha value is -1.71. The summed E-state index contributed by atoms with van der Waals surface area (Å²) in [5.74, 6) is -0.262. The van der Waals surface area contributed by atoms with Crippen LogP contribution < -0.4 is 10.2 Å². The van der Waals surface area contributed by atoms with Gasteiger partial charge >= 0.3 is 0 Å². The molecule has 2 aliphatic heterocycles. The summed E-state index contributed by atoms with van der Waals surface area (Å²) in [5, 5.41) is 3.01. The van der Waals surface area contributed by atoms with Crippen molar-refractivity contribution in [2.24, 2.45) is 5.92 Å². The topological polar surface area (TPSA) is 73.0 Å². The number of nitrogens with zero attached hydrogens (tertiary/aromatic N) is 3. The second-order valence-corrected chi connectivity index (χ2v) is 9.87. The fraction of sp³-hybridized carbons (Fsp3) is 0.650. The molecule has 0 unspecified atom stereocenters. The molecule has 0 aliphatic carbocycles. The molecular weight excluding hydrogens is 395 g/mol. The third-order valence-electron chi connectivity index (χ3n) is 5.81. The first-order chi connectivity index (χ1) is 13.8. The van der Waals surface area contributed by atoms with Crippen LogP contribution in [-0.2, 0) is 14.8 Å². The van der Waals surface area contributed by atoms with Crippen LogP contribution in [0.1, 0.15) is 19.3 Å². The summed E-state index contributed by atoms with van der Waals surface area (Å²) in [6.07, 6.45) is 3.28. The molecule has 1 aromatic rings. The number of amides is 1. The van der Waals surface area contributed by atoms with E-state index in [0.717, 1.165) is 44.8 Å². The van der Waals surface area contributed by atoms with E-state index < -0.39 is 10.0 Å². The van der Waals surface area contributed by atoms with Crippen molar-refractivity contribution in [3.05, 3.63) is 30.1 Å². The van der Waals surface area contributed by atoms with Crippen molar-refractivity contribution in [2.45, 2.75) is 19.3 Å². The molecular formula is C20H31FN4O3S. The Morgan fingerprint density at radius 1 is 1.07 bits per heavy atom. The molecule has 2 fully saturated rings. The maximum Gasteiger partial charge on any atom is 0.223 e. The van der Waals surface area contributed by atoms with Crippen LogP contribution in [0.3, 0.4) is 0 Å². The van der Waals surface area contributed by atoms with E-state index in [1.807, 2.05) is 12.1 Å². The standard InChI is InChI=1S/C20H31FN4O3S/c1-29(27,28)25-11-7-17(8-12-25)20(26)22-9-2-10-23-13-15-24(16-14-23)19-5-3-18(21)4-6-19/h3-6,17H,2,7-16H2,1H3,(H,22,26). The van der Waals surface area contributed by atoms with Crippen LogP contribution in [0.2, 0.25) is 0 Å². The van der Waals surface area contributed by atoms with E-state index in [4.69, 9.17) is 0 Å². The molecule has 1 amide bonds. The van der Waals surface area contributed by atoms with Gasteiger partial charge in [0.05, 0.1) is 6.26 Å². The summed E-state index contributed by atoms with van der Waals surface area (Å²) < 4.78 is 37.6. The van der Waals surface area contributed by atoms with Crippen molar-refractivity contribution < 1.29 is 17.6 Å². The average Bonchev–Trinajstić information content (AvgIpc) is 2.71. The number of carbonyl (C=O) groups excluding carboxylic acids is 1. The van der Waals surface area contributed by atoms with Gasteiger partial charge in [-0.25, -0.2) is 17.1 Å². The number of piperidine rings is 1. The van der Waals surface area contributed by atoms with Crippen molar-refractivity contribution in [3.8, 4) is 0 Å². The van der Waals surface area contributed by atoms with E-state index in [2.05, 4.69) is 15.1 Å². The van der Waals surface area contributed by atoms with Gasteiger partial charge in [-0.3, -0.25) is 9.69 Å². The van der Waals surface area contributed by atoms with Gasteiger partial charge in [-0.05, 0) is 50.1 Å². The molecule has 0 atom stereocenters. The predicted octanol–water partition coefficient (Wildman–Crippen LogP) is 1.13. The molecule has 2 heterocycles. The minimum atomic E-state index is -3.16. The number of nitrogens with one attached hydrogen (secondary N) is 1. The van der Waals surface area contributed by atoms with Gasteiger partial charge in [0.1, 0.15) is 5.82 Å². The summed E-state index contributed by atoms with van der Waals surface area (Å²) in [6.45, 7) is 6.16. The first-order valence-electron chi connectivity index (χ1n) is 10.3. The van der Waals surface area contributed by atoms with Crippen LogP contribution in [0.4, 0.5) is 10.1 Å². The van der Waals surface area contributed by atoms with Crippen molar-refractivity contribution in [3.63, 3.8) is 0 Å². The lowest BCUT2D eigenvalue weighted by atomic mass is 9.97. The Kier molecular flexibility index (Phi) is 7.48. The lowest BCUT2D eigenvalue weighted by Gasteiger charge is -2.36. The van der Waals surface area contributed by atoms with Crippen LogP contribution in [0.5, 0.6) is 0 Å². The molecule has 9 heteroatoms. The number of piperazine rings is 1. The predicted molar refractivity (Wildman–Crippen MR) is 112 cm³/mol. The fourth-order valence-electron chi connectivity index (χ4n) is 3.99. The van der Waals surface area contributed by atoms with E-state index in [1.54, 1.807) is 0 Å². The van der Waals surface area contributed by atoms with Crippen LogP contribution in [0, 0.1) is 11.7 Å². The van der Waals surface area contributed by atoms with Crippen molar-refractivity contribution in [1.29, 1.82) is 0 Å². The highest BCUT2D eigenvalue weighted by atomic mass is 32.2. The molecule has 0 aromatic heterocycles. The number of carbonyl (C=O) groups is 1. The second kappa shape index (κ2) is 9.86. The molecule has 7 nitrogen and oxygen atoms in total. The Bertz CT molecular complexity index is 771. The molecule has 0 bridgehead atoms. The number of rotatable bonds is 7. The van der Waals surface area contributed by atoms with Crippen molar-refractivity contribution >= 4 is 21.6 Å². The van der Waals surface area contributed by atoms with Gasteiger partial charge in [0.15, 0.2) is 0 Å². The first-order valence-corrected chi connectivity index (χ1v) is 12.1. The average molecular weight is 427 g/mol. The van der Waals surface area contributed by atoms with Gasteiger partial charge < -0.3 is 10.2 Å². The normalized spacial score (nSPS) is 20.0. The molecule has 2 aliphatic rings. The highest BCUT2D eigenvalue weighted by Gasteiger charge is 2.28. The molecule has 2 saturated heterocycles. The molecule has 0 saturated carbocycles. The number of benzene rings is 1. The quantitative estimate of drug-likeness (QED) is 0.662.